The average Bonchev–Trinajstić information content (AvgIpc) is 3.15. The number of ether oxygens (including phenoxy) is 2. The predicted molar refractivity (Wildman–Crippen MR) is 125 cm³/mol. The SMILES string of the molecule is CC(C)(C)[O-].CON=C1N(C)c2ccc(N3C[C@@H](CNC(=O)OC(C)(C)C)OC3=O)cc2C1(F)F.[Li+]. The molecule has 1 fully saturated rings. The number of likely N-dealkylation sites (N-methyl/N-ethyl adjacent to an activating group) is 1. The van der Waals surface area contributed by atoms with E-state index in [2.05, 4.69) is 15.3 Å². The number of cyclic esters (lactones) is 1. The van der Waals surface area contributed by atoms with Crippen LogP contribution in [0.25, 0.3) is 0 Å². The standard InChI is InChI=1S/C19H24F2N4O5.C4H9O.Li/c1-18(2,3)30-16(26)22-9-12-10-25(17(27)29-12)11-6-7-14-13(8-11)19(20,21)15(23-28-5)24(14)4;1-4(2,3)5;/h6-8,12H,9-10H2,1-5H3,(H,22,26);1-3H3;/q;-1;+1/t12-;;/m1../s1. The van der Waals surface area contributed by atoms with E-state index in [1.54, 1.807) is 47.6 Å². The number of carbonyl (C=O) groups is 2. The minimum Gasteiger partial charge on any atom is -0.850 e. The van der Waals surface area contributed by atoms with E-state index in [-0.39, 0.29) is 48.9 Å². The van der Waals surface area contributed by atoms with Gasteiger partial charge in [0.25, 0.3) is 0 Å². The summed E-state index contributed by atoms with van der Waals surface area (Å²) in [6, 6.07) is 4.26. The van der Waals surface area contributed by atoms with Gasteiger partial charge in [0.2, 0.25) is 5.84 Å². The topological polar surface area (TPSA) is 116 Å². The number of nitrogens with one attached hydrogen (secondary N) is 1. The normalized spacial score (nSPS) is 19.6. The molecule has 0 aromatic heterocycles. The Kier molecular flexibility index (Phi) is 10.2. The monoisotopic (exact) mass is 506 g/mol. The summed E-state index contributed by atoms with van der Waals surface area (Å²) in [5, 5.41) is 16.1. The summed E-state index contributed by atoms with van der Waals surface area (Å²) in [4.78, 5) is 31.0. The predicted octanol–water partition coefficient (Wildman–Crippen LogP) is 0.187. The Balaban J connectivity index is 0.000000983. The molecule has 2 heterocycles. The van der Waals surface area contributed by atoms with Crippen molar-refractivity contribution in [1.29, 1.82) is 0 Å². The fourth-order valence-electron chi connectivity index (χ4n) is 3.24. The van der Waals surface area contributed by atoms with Crippen LogP contribution in [0.2, 0.25) is 0 Å². The molecular weight excluding hydrogens is 473 g/mol. The van der Waals surface area contributed by atoms with E-state index in [0.29, 0.717) is 0 Å². The van der Waals surface area contributed by atoms with Gasteiger partial charge in [-0.1, -0.05) is 25.9 Å². The molecule has 1 aromatic carbocycles. The van der Waals surface area contributed by atoms with Gasteiger partial charge in [0.05, 0.1) is 24.3 Å². The van der Waals surface area contributed by atoms with E-state index >= 15 is 0 Å². The quantitative estimate of drug-likeness (QED) is 0.458. The third-order valence-corrected chi connectivity index (χ3v) is 4.51. The van der Waals surface area contributed by atoms with Crippen molar-refractivity contribution >= 4 is 29.4 Å². The Hall–Kier alpha value is -2.55. The molecule has 13 heteroatoms. The van der Waals surface area contributed by atoms with Crippen LogP contribution in [0.1, 0.15) is 47.1 Å². The van der Waals surface area contributed by atoms with Crippen LogP contribution in [0.4, 0.5) is 29.7 Å². The molecule has 2 amide bonds. The van der Waals surface area contributed by atoms with Crippen LogP contribution in [-0.2, 0) is 20.2 Å². The van der Waals surface area contributed by atoms with Crippen LogP contribution in [0.3, 0.4) is 0 Å². The van der Waals surface area contributed by atoms with Crippen LogP contribution in [0.15, 0.2) is 23.4 Å². The molecular formula is C23H33F2LiN4O6. The van der Waals surface area contributed by atoms with Gasteiger partial charge in [-0.2, -0.15) is 8.78 Å². The number of halogens is 2. The van der Waals surface area contributed by atoms with Crippen molar-refractivity contribution in [2.75, 3.05) is 37.0 Å². The molecule has 3 rings (SSSR count). The molecule has 0 radical (unpaired) electrons. The maximum Gasteiger partial charge on any atom is 1.00 e. The summed E-state index contributed by atoms with van der Waals surface area (Å²) in [7, 11) is 2.65. The van der Waals surface area contributed by atoms with E-state index in [9.17, 15) is 23.5 Å². The Morgan fingerprint density at radius 1 is 1.28 bits per heavy atom. The first-order valence-corrected chi connectivity index (χ1v) is 11.0. The zero-order valence-electron chi connectivity index (χ0n) is 22.3. The molecule has 2 aliphatic heterocycles. The molecule has 36 heavy (non-hydrogen) atoms. The first kappa shape index (κ1) is 31.5. The van der Waals surface area contributed by atoms with Crippen LogP contribution in [0, 0.1) is 0 Å². The summed E-state index contributed by atoms with van der Waals surface area (Å²) in [5.74, 6) is -3.92. The fourth-order valence-corrected chi connectivity index (χ4v) is 3.24. The smallest absolute Gasteiger partial charge is 0.850 e. The minimum atomic E-state index is -3.38. The zero-order chi connectivity index (χ0) is 26.8. The molecule has 1 aromatic rings. The molecule has 0 unspecified atom stereocenters. The Morgan fingerprint density at radius 3 is 2.39 bits per heavy atom. The van der Waals surface area contributed by atoms with Crippen molar-refractivity contribution in [1.82, 2.24) is 5.32 Å². The molecule has 2 aliphatic rings. The second-order valence-corrected chi connectivity index (χ2v) is 10.0. The van der Waals surface area contributed by atoms with Gasteiger partial charge in [-0.3, -0.25) is 4.90 Å². The summed E-state index contributed by atoms with van der Waals surface area (Å²) < 4.78 is 39.9. The van der Waals surface area contributed by atoms with E-state index in [1.165, 1.54) is 36.1 Å². The Bertz CT molecular complexity index is 972. The van der Waals surface area contributed by atoms with Gasteiger partial charge in [0.1, 0.15) is 18.8 Å². The van der Waals surface area contributed by atoms with Crippen molar-refractivity contribution in [3.05, 3.63) is 23.8 Å². The van der Waals surface area contributed by atoms with E-state index in [0.717, 1.165) is 0 Å². The molecule has 196 valence electrons. The third-order valence-electron chi connectivity index (χ3n) is 4.51. The molecule has 0 bridgehead atoms. The summed E-state index contributed by atoms with van der Waals surface area (Å²) >= 11 is 0. The van der Waals surface area contributed by atoms with Crippen molar-refractivity contribution < 1.29 is 56.6 Å². The van der Waals surface area contributed by atoms with Gasteiger partial charge in [0.15, 0.2) is 0 Å². The molecule has 1 saturated heterocycles. The molecule has 1 N–H and O–H groups in total. The number of oxime groups is 1. The molecule has 0 spiro atoms. The molecule has 0 aliphatic carbocycles. The zero-order valence-corrected chi connectivity index (χ0v) is 22.3. The maximum atomic E-state index is 14.8. The van der Waals surface area contributed by atoms with Crippen molar-refractivity contribution in [3.63, 3.8) is 0 Å². The second kappa shape index (κ2) is 11.7. The number of carbonyl (C=O) groups excluding carboxylic acids is 2. The number of benzene rings is 1. The summed E-state index contributed by atoms with van der Waals surface area (Å²) in [6.45, 7) is 10.2. The Labute approximate surface area is 222 Å². The number of amides is 2. The van der Waals surface area contributed by atoms with Crippen LogP contribution >= 0.6 is 0 Å². The summed E-state index contributed by atoms with van der Waals surface area (Å²) in [5.41, 5.74) is -1.18. The van der Waals surface area contributed by atoms with Gasteiger partial charge in [0, 0.05) is 12.7 Å². The molecule has 0 saturated carbocycles. The second-order valence-electron chi connectivity index (χ2n) is 10.0. The van der Waals surface area contributed by atoms with Gasteiger partial charge in [-0.25, -0.2) is 9.59 Å². The first-order chi connectivity index (χ1) is 15.9. The number of hydrogen-bond donors (Lipinski definition) is 1. The fraction of sp³-hybridized carbons (Fsp3) is 0.609. The number of alkyl halides is 2. The largest absolute Gasteiger partial charge is 1.00 e. The van der Waals surface area contributed by atoms with Crippen molar-refractivity contribution in [2.24, 2.45) is 5.16 Å². The number of amidine groups is 1. The van der Waals surface area contributed by atoms with E-state index < -0.39 is 41.3 Å². The van der Waals surface area contributed by atoms with Gasteiger partial charge in [-0.15, -0.1) is 5.60 Å². The van der Waals surface area contributed by atoms with Crippen molar-refractivity contribution in [2.45, 2.75) is 64.8 Å². The van der Waals surface area contributed by atoms with Crippen LogP contribution in [-0.4, -0.2) is 62.6 Å². The maximum absolute atomic E-state index is 14.8. The third kappa shape index (κ3) is 8.25. The number of rotatable bonds is 4. The minimum absolute atomic E-state index is 0. The number of alkyl carbamates (subject to hydrolysis) is 1. The van der Waals surface area contributed by atoms with Crippen LogP contribution in [0.5, 0.6) is 0 Å². The van der Waals surface area contributed by atoms with Crippen LogP contribution < -0.4 is 39.1 Å². The number of fused-ring (bicyclic) bond motifs is 1. The van der Waals surface area contributed by atoms with Gasteiger partial charge >= 0.3 is 37.0 Å². The number of hydrogen-bond acceptors (Lipinski definition) is 7. The average molecular weight is 506 g/mol. The number of nitrogens with zero attached hydrogens (tertiary/aromatic N) is 3. The van der Waals surface area contributed by atoms with Crippen molar-refractivity contribution in [3.8, 4) is 0 Å². The van der Waals surface area contributed by atoms with Gasteiger partial charge in [-0.05, 0) is 39.0 Å². The van der Waals surface area contributed by atoms with E-state index in [1.807, 2.05) is 0 Å². The van der Waals surface area contributed by atoms with E-state index in [4.69, 9.17) is 9.47 Å². The number of anilines is 2. The molecule has 10 nitrogen and oxygen atoms in total. The summed E-state index contributed by atoms with van der Waals surface area (Å²) in [6.07, 6.45) is -1.97. The Morgan fingerprint density at radius 2 is 1.86 bits per heavy atom. The molecule has 1 atom stereocenters. The first-order valence-electron chi connectivity index (χ1n) is 11.0. The van der Waals surface area contributed by atoms with Gasteiger partial charge < -0.3 is 29.6 Å².